The molecule has 2 N–H and O–H groups in total. The summed E-state index contributed by atoms with van der Waals surface area (Å²) in [6.45, 7) is 0.859. The first kappa shape index (κ1) is 24.1. The van der Waals surface area contributed by atoms with Crippen molar-refractivity contribution in [3.8, 4) is 5.75 Å². The average Bonchev–Trinajstić information content (AvgIpc) is 3.20. The number of nitrogens with zero attached hydrogens (tertiary/aromatic N) is 2. The van der Waals surface area contributed by atoms with E-state index in [1.54, 1.807) is 10.5 Å². The number of hydrogen-bond acceptors (Lipinski definition) is 5. The van der Waals surface area contributed by atoms with Crippen LogP contribution in [0.25, 0.3) is 5.52 Å². The van der Waals surface area contributed by atoms with Gasteiger partial charge in [-0.3, -0.25) is 14.0 Å². The van der Waals surface area contributed by atoms with Crippen molar-refractivity contribution in [1.82, 2.24) is 19.7 Å². The highest BCUT2D eigenvalue weighted by Gasteiger charge is 2.29. The van der Waals surface area contributed by atoms with Crippen LogP contribution in [-0.4, -0.2) is 46.3 Å². The maximum absolute atomic E-state index is 13.0. The Kier molecular flexibility index (Phi) is 6.85. The smallest absolute Gasteiger partial charge is 0.422 e. The van der Waals surface area contributed by atoms with E-state index in [2.05, 4.69) is 15.3 Å². The zero-order chi connectivity index (χ0) is 24.5. The van der Waals surface area contributed by atoms with Crippen LogP contribution in [0.1, 0.15) is 46.2 Å². The number of hydrogen-bond donors (Lipinski definition) is 2. The Bertz CT molecular complexity index is 1270. The SMILES string of the molecule is Cc1cc(OCC(F)(F)F)c(CNC(=O)c2cc(Cl)cc3c(C4CCOCC4)ncn23)c(=O)[nH]1. The second kappa shape index (κ2) is 9.67. The van der Waals surface area contributed by atoms with Crippen LogP contribution in [-0.2, 0) is 11.3 Å². The molecular formula is C22H22ClF3N4O4. The number of ether oxygens (including phenoxy) is 2. The topological polar surface area (TPSA) is 97.7 Å². The zero-order valence-corrected chi connectivity index (χ0v) is 18.9. The highest BCUT2D eigenvalue weighted by molar-refractivity contribution is 6.31. The third-order valence-electron chi connectivity index (χ3n) is 5.53. The van der Waals surface area contributed by atoms with Gasteiger partial charge in [0.2, 0.25) is 0 Å². The summed E-state index contributed by atoms with van der Waals surface area (Å²) in [5.41, 5.74) is 1.22. The Hall–Kier alpha value is -3.05. The maximum atomic E-state index is 13.0. The fourth-order valence-electron chi connectivity index (χ4n) is 3.94. The Labute approximate surface area is 197 Å². The molecular weight excluding hydrogens is 477 g/mol. The third-order valence-corrected chi connectivity index (χ3v) is 5.75. The van der Waals surface area contributed by atoms with Crippen LogP contribution < -0.4 is 15.6 Å². The van der Waals surface area contributed by atoms with Gasteiger partial charge >= 0.3 is 6.18 Å². The molecule has 1 aliphatic rings. The molecule has 3 aromatic rings. The Morgan fingerprint density at radius 1 is 1.32 bits per heavy atom. The van der Waals surface area contributed by atoms with Crippen molar-refractivity contribution in [2.45, 2.75) is 38.4 Å². The Morgan fingerprint density at radius 2 is 2.06 bits per heavy atom. The van der Waals surface area contributed by atoms with Crippen LogP contribution in [0.5, 0.6) is 5.75 Å². The van der Waals surface area contributed by atoms with Crippen molar-refractivity contribution in [3.05, 3.63) is 62.5 Å². The van der Waals surface area contributed by atoms with Gasteiger partial charge < -0.3 is 19.8 Å². The number of fused-ring (bicyclic) bond motifs is 1. The first-order valence-corrected chi connectivity index (χ1v) is 10.9. The molecule has 1 amide bonds. The van der Waals surface area contributed by atoms with Crippen LogP contribution in [0.15, 0.2) is 29.3 Å². The molecule has 0 spiro atoms. The molecule has 4 heterocycles. The highest BCUT2D eigenvalue weighted by atomic mass is 35.5. The van der Waals surface area contributed by atoms with Crippen LogP contribution in [0.2, 0.25) is 5.02 Å². The number of halogens is 4. The second-order valence-electron chi connectivity index (χ2n) is 8.04. The van der Waals surface area contributed by atoms with Gasteiger partial charge in [0.1, 0.15) is 17.8 Å². The number of nitrogens with one attached hydrogen (secondary N) is 2. The average molecular weight is 499 g/mol. The normalized spacial score (nSPS) is 15.0. The highest BCUT2D eigenvalue weighted by Crippen LogP contribution is 2.31. The number of amides is 1. The van der Waals surface area contributed by atoms with E-state index in [0.717, 1.165) is 18.5 Å². The predicted octanol–water partition coefficient (Wildman–Crippen LogP) is 3.75. The Balaban J connectivity index is 1.59. The van der Waals surface area contributed by atoms with Crippen molar-refractivity contribution in [2.24, 2.45) is 0 Å². The molecule has 182 valence electrons. The van der Waals surface area contributed by atoms with E-state index in [-0.39, 0.29) is 29.5 Å². The largest absolute Gasteiger partial charge is 0.483 e. The number of imidazole rings is 1. The van der Waals surface area contributed by atoms with Crippen LogP contribution in [0.4, 0.5) is 13.2 Å². The van der Waals surface area contributed by atoms with E-state index in [1.165, 1.54) is 25.4 Å². The Morgan fingerprint density at radius 3 is 2.76 bits per heavy atom. The molecule has 1 fully saturated rings. The van der Waals surface area contributed by atoms with Gasteiger partial charge in [-0.1, -0.05) is 11.6 Å². The second-order valence-corrected chi connectivity index (χ2v) is 8.48. The molecule has 1 saturated heterocycles. The molecule has 0 atom stereocenters. The fraction of sp³-hybridized carbons (Fsp3) is 0.409. The molecule has 0 radical (unpaired) electrons. The molecule has 0 unspecified atom stereocenters. The molecule has 1 aliphatic heterocycles. The van der Waals surface area contributed by atoms with Gasteiger partial charge in [0.05, 0.1) is 23.3 Å². The minimum absolute atomic E-state index is 0.130. The van der Waals surface area contributed by atoms with E-state index in [9.17, 15) is 22.8 Å². The van der Waals surface area contributed by atoms with Crippen LogP contribution in [0, 0.1) is 6.92 Å². The van der Waals surface area contributed by atoms with Crippen LogP contribution in [0.3, 0.4) is 0 Å². The van der Waals surface area contributed by atoms with E-state index in [0.29, 0.717) is 29.4 Å². The minimum Gasteiger partial charge on any atom is -0.483 e. The first-order chi connectivity index (χ1) is 16.1. The van der Waals surface area contributed by atoms with Gasteiger partial charge in [0.25, 0.3) is 11.5 Å². The van der Waals surface area contributed by atoms with Crippen LogP contribution >= 0.6 is 11.6 Å². The summed E-state index contributed by atoms with van der Waals surface area (Å²) in [6, 6.07) is 4.46. The monoisotopic (exact) mass is 498 g/mol. The van der Waals surface area contributed by atoms with Gasteiger partial charge in [-0.25, -0.2) is 4.98 Å². The fourth-order valence-corrected chi connectivity index (χ4v) is 4.15. The summed E-state index contributed by atoms with van der Waals surface area (Å²) < 4.78 is 49.7. The number of aromatic amines is 1. The van der Waals surface area contributed by atoms with Gasteiger partial charge in [0.15, 0.2) is 6.61 Å². The number of rotatable bonds is 6. The van der Waals surface area contributed by atoms with Crippen molar-refractivity contribution >= 4 is 23.0 Å². The van der Waals surface area contributed by atoms with Gasteiger partial charge in [-0.05, 0) is 38.0 Å². The molecule has 34 heavy (non-hydrogen) atoms. The lowest BCUT2D eigenvalue weighted by Crippen LogP contribution is -2.29. The lowest BCUT2D eigenvalue weighted by molar-refractivity contribution is -0.153. The van der Waals surface area contributed by atoms with Crippen molar-refractivity contribution in [1.29, 1.82) is 0 Å². The first-order valence-electron chi connectivity index (χ1n) is 10.6. The number of H-pyrrole nitrogens is 1. The molecule has 8 nitrogen and oxygen atoms in total. The number of aromatic nitrogens is 3. The predicted molar refractivity (Wildman–Crippen MR) is 118 cm³/mol. The van der Waals surface area contributed by atoms with Crippen molar-refractivity contribution in [2.75, 3.05) is 19.8 Å². The number of alkyl halides is 3. The lowest BCUT2D eigenvalue weighted by atomic mass is 9.96. The number of carbonyl (C=O) groups is 1. The van der Waals surface area contributed by atoms with E-state index >= 15 is 0 Å². The molecule has 12 heteroatoms. The quantitative estimate of drug-likeness (QED) is 0.539. The summed E-state index contributed by atoms with van der Waals surface area (Å²) in [4.78, 5) is 32.4. The number of carbonyl (C=O) groups excluding carboxylic acids is 1. The third kappa shape index (κ3) is 5.36. The summed E-state index contributed by atoms with van der Waals surface area (Å²) in [7, 11) is 0. The van der Waals surface area contributed by atoms with E-state index in [4.69, 9.17) is 21.1 Å². The summed E-state index contributed by atoms with van der Waals surface area (Å²) >= 11 is 6.28. The molecule has 0 bridgehead atoms. The van der Waals surface area contributed by atoms with Crippen molar-refractivity contribution in [3.63, 3.8) is 0 Å². The summed E-state index contributed by atoms with van der Waals surface area (Å²) in [5.74, 6) is -0.655. The van der Waals surface area contributed by atoms with E-state index in [1.807, 2.05) is 0 Å². The van der Waals surface area contributed by atoms with Gasteiger partial charge in [-0.15, -0.1) is 0 Å². The van der Waals surface area contributed by atoms with E-state index < -0.39 is 24.2 Å². The molecule has 4 rings (SSSR count). The van der Waals surface area contributed by atoms with Gasteiger partial charge in [-0.2, -0.15) is 13.2 Å². The molecule has 3 aromatic heterocycles. The molecule has 0 aromatic carbocycles. The number of aryl methyl sites for hydroxylation is 1. The summed E-state index contributed by atoms with van der Waals surface area (Å²) in [6.07, 6.45) is -1.44. The maximum Gasteiger partial charge on any atom is 0.422 e. The summed E-state index contributed by atoms with van der Waals surface area (Å²) in [5, 5.41) is 2.90. The molecule has 0 saturated carbocycles. The minimum atomic E-state index is -4.58. The lowest BCUT2D eigenvalue weighted by Gasteiger charge is -2.20. The van der Waals surface area contributed by atoms with Crippen molar-refractivity contribution < 1.29 is 27.4 Å². The van der Waals surface area contributed by atoms with Gasteiger partial charge in [0, 0.05) is 29.8 Å². The standard InChI is InChI=1S/C22H22ClF3N4O4/c1-12-6-18(34-10-22(24,25)26)15(20(31)29-12)9-27-21(32)17-8-14(23)7-16-19(28-11-30(16)17)13-2-4-33-5-3-13/h6-8,11,13H,2-5,9-10H2,1H3,(H,27,32)(H,29,31). The molecule has 0 aliphatic carbocycles. The number of pyridine rings is 2. The zero-order valence-electron chi connectivity index (χ0n) is 18.2.